The summed E-state index contributed by atoms with van der Waals surface area (Å²) in [7, 11) is 1.71. The molecule has 1 atom stereocenters. The van der Waals surface area contributed by atoms with Crippen LogP contribution < -0.4 is 0 Å². The van der Waals surface area contributed by atoms with E-state index in [4.69, 9.17) is 9.84 Å². The molecule has 0 aliphatic rings. The van der Waals surface area contributed by atoms with Crippen molar-refractivity contribution in [2.24, 2.45) is 5.92 Å². The molecule has 0 bridgehead atoms. The second-order valence-electron chi connectivity index (χ2n) is 3.93. The van der Waals surface area contributed by atoms with Crippen molar-refractivity contribution >= 4 is 15.9 Å². The molecule has 0 aromatic carbocycles. The molecule has 0 radical (unpaired) electrons. The van der Waals surface area contributed by atoms with E-state index in [1.54, 1.807) is 7.11 Å². The Morgan fingerprint density at radius 1 is 1.27 bits per heavy atom. The lowest BCUT2D eigenvalue weighted by molar-refractivity contribution is 0.127. The van der Waals surface area contributed by atoms with Crippen molar-refractivity contribution in [3.8, 4) is 0 Å². The average Bonchev–Trinajstić information content (AvgIpc) is 2.22. The van der Waals surface area contributed by atoms with Gasteiger partial charge in [0.25, 0.3) is 0 Å². The first-order valence-electron chi connectivity index (χ1n) is 5.62. The topological polar surface area (TPSA) is 32.7 Å². The lowest BCUT2D eigenvalue weighted by Gasteiger charge is -2.22. The number of alkyl halides is 1. The fraction of sp³-hybridized carbons (Fsp3) is 1.00. The van der Waals surface area contributed by atoms with Crippen LogP contribution in [0.5, 0.6) is 0 Å². The predicted molar refractivity (Wildman–Crippen MR) is 67.6 cm³/mol. The Bertz CT molecular complexity index is 136. The molecule has 0 aliphatic heterocycles. The molecule has 15 heavy (non-hydrogen) atoms. The molecule has 92 valence electrons. The zero-order chi connectivity index (χ0) is 11.5. The molecule has 4 heteroatoms. The fourth-order valence-corrected chi connectivity index (χ4v) is 2.21. The molecule has 0 rings (SSSR count). The molecule has 0 saturated carbocycles. The summed E-state index contributed by atoms with van der Waals surface area (Å²) >= 11 is 3.46. The average molecular weight is 282 g/mol. The quantitative estimate of drug-likeness (QED) is 0.620. The molecule has 0 aromatic heterocycles. The van der Waals surface area contributed by atoms with Gasteiger partial charge in [-0.15, -0.1) is 0 Å². The summed E-state index contributed by atoms with van der Waals surface area (Å²) in [5.74, 6) is 0.744. The fourth-order valence-electron chi connectivity index (χ4n) is 1.43. The molecule has 0 saturated heterocycles. The van der Waals surface area contributed by atoms with Gasteiger partial charge < -0.3 is 9.84 Å². The van der Waals surface area contributed by atoms with E-state index in [0.717, 1.165) is 37.5 Å². The first-order chi connectivity index (χ1) is 7.24. The molecule has 0 aromatic rings. The molecule has 1 N–H and O–H groups in total. The van der Waals surface area contributed by atoms with Crippen LogP contribution in [0.25, 0.3) is 0 Å². The SMILES string of the molecule is COCCN(CCO)CCC(C)CCBr. The normalized spacial score (nSPS) is 13.4. The first-order valence-corrected chi connectivity index (χ1v) is 6.74. The molecule has 0 spiro atoms. The number of hydrogen-bond donors (Lipinski definition) is 1. The molecule has 0 fully saturated rings. The molecule has 0 aliphatic carbocycles. The Hall–Kier alpha value is 0.360. The van der Waals surface area contributed by atoms with Gasteiger partial charge in [0, 0.05) is 25.5 Å². The summed E-state index contributed by atoms with van der Waals surface area (Å²) in [5.41, 5.74) is 0. The first kappa shape index (κ1) is 15.4. The number of methoxy groups -OCH3 is 1. The molecule has 0 amide bonds. The second kappa shape index (κ2) is 10.9. The van der Waals surface area contributed by atoms with Crippen molar-refractivity contribution in [3.05, 3.63) is 0 Å². The van der Waals surface area contributed by atoms with Gasteiger partial charge >= 0.3 is 0 Å². The van der Waals surface area contributed by atoms with Gasteiger partial charge in [-0.3, -0.25) is 4.90 Å². The lowest BCUT2D eigenvalue weighted by atomic mass is 10.1. The molecule has 0 heterocycles. The van der Waals surface area contributed by atoms with Crippen LogP contribution in [0.1, 0.15) is 19.8 Å². The van der Waals surface area contributed by atoms with Crippen LogP contribution in [-0.4, -0.2) is 55.3 Å². The minimum absolute atomic E-state index is 0.233. The zero-order valence-corrected chi connectivity index (χ0v) is 11.5. The highest BCUT2D eigenvalue weighted by Crippen LogP contribution is 2.09. The van der Waals surface area contributed by atoms with E-state index in [1.807, 2.05) is 0 Å². The maximum absolute atomic E-state index is 8.91. The summed E-state index contributed by atoms with van der Waals surface area (Å²) in [6, 6.07) is 0. The van der Waals surface area contributed by atoms with Gasteiger partial charge in [0.15, 0.2) is 0 Å². The third-order valence-corrected chi connectivity index (χ3v) is 3.03. The molecule has 1 unspecified atom stereocenters. The second-order valence-corrected chi connectivity index (χ2v) is 4.72. The van der Waals surface area contributed by atoms with Crippen molar-refractivity contribution in [3.63, 3.8) is 0 Å². The van der Waals surface area contributed by atoms with Gasteiger partial charge in [-0.25, -0.2) is 0 Å². The van der Waals surface area contributed by atoms with Gasteiger partial charge in [0.2, 0.25) is 0 Å². The van der Waals surface area contributed by atoms with Crippen molar-refractivity contribution in [1.82, 2.24) is 4.90 Å². The highest BCUT2D eigenvalue weighted by Gasteiger charge is 2.07. The third-order valence-electron chi connectivity index (χ3n) is 2.57. The van der Waals surface area contributed by atoms with Crippen molar-refractivity contribution in [2.45, 2.75) is 19.8 Å². The maximum atomic E-state index is 8.91. The summed E-state index contributed by atoms with van der Waals surface area (Å²) < 4.78 is 5.04. The van der Waals surface area contributed by atoms with Crippen LogP contribution in [0.4, 0.5) is 0 Å². The number of rotatable bonds is 10. The number of aliphatic hydroxyl groups is 1. The van der Waals surface area contributed by atoms with Gasteiger partial charge in [0.1, 0.15) is 0 Å². The number of ether oxygens (including phenoxy) is 1. The van der Waals surface area contributed by atoms with Gasteiger partial charge in [0.05, 0.1) is 13.2 Å². The van der Waals surface area contributed by atoms with E-state index in [1.165, 1.54) is 12.8 Å². The third kappa shape index (κ3) is 9.30. The van der Waals surface area contributed by atoms with E-state index in [9.17, 15) is 0 Å². The van der Waals surface area contributed by atoms with Crippen molar-refractivity contribution < 1.29 is 9.84 Å². The van der Waals surface area contributed by atoms with Gasteiger partial charge in [-0.2, -0.15) is 0 Å². The summed E-state index contributed by atoms with van der Waals surface area (Å²) in [4.78, 5) is 2.26. The van der Waals surface area contributed by atoms with Crippen LogP contribution in [0.2, 0.25) is 0 Å². The van der Waals surface area contributed by atoms with E-state index in [0.29, 0.717) is 0 Å². The van der Waals surface area contributed by atoms with Gasteiger partial charge in [-0.1, -0.05) is 22.9 Å². The Balaban J connectivity index is 3.63. The van der Waals surface area contributed by atoms with Crippen LogP contribution in [0.15, 0.2) is 0 Å². The highest BCUT2D eigenvalue weighted by atomic mass is 79.9. The Morgan fingerprint density at radius 2 is 2.00 bits per heavy atom. The van der Waals surface area contributed by atoms with E-state index in [2.05, 4.69) is 27.8 Å². The largest absolute Gasteiger partial charge is 0.395 e. The minimum Gasteiger partial charge on any atom is -0.395 e. The number of aliphatic hydroxyl groups excluding tert-OH is 1. The van der Waals surface area contributed by atoms with Crippen LogP contribution in [0.3, 0.4) is 0 Å². The molecule has 3 nitrogen and oxygen atoms in total. The van der Waals surface area contributed by atoms with Gasteiger partial charge in [-0.05, 0) is 25.3 Å². The standard InChI is InChI=1S/C11H24BrNO2/c1-11(3-5-12)4-6-13(7-9-14)8-10-15-2/h11,14H,3-10H2,1-2H3. The van der Waals surface area contributed by atoms with E-state index in [-0.39, 0.29) is 6.61 Å². The van der Waals surface area contributed by atoms with Crippen LogP contribution >= 0.6 is 15.9 Å². The van der Waals surface area contributed by atoms with Crippen LogP contribution in [0, 0.1) is 5.92 Å². The summed E-state index contributed by atoms with van der Waals surface area (Å²) in [6.45, 7) is 5.97. The molecular weight excluding hydrogens is 258 g/mol. The zero-order valence-electron chi connectivity index (χ0n) is 9.91. The molecular formula is C11H24BrNO2. The number of hydrogen-bond acceptors (Lipinski definition) is 3. The number of nitrogens with zero attached hydrogens (tertiary/aromatic N) is 1. The van der Waals surface area contributed by atoms with E-state index >= 15 is 0 Å². The maximum Gasteiger partial charge on any atom is 0.0589 e. The lowest BCUT2D eigenvalue weighted by Crippen LogP contribution is -2.32. The Labute approximate surface area is 102 Å². The minimum atomic E-state index is 0.233. The summed E-state index contributed by atoms with van der Waals surface area (Å²) in [6.07, 6.45) is 2.41. The monoisotopic (exact) mass is 281 g/mol. The smallest absolute Gasteiger partial charge is 0.0589 e. The van der Waals surface area contributed by atoms with Crippen molar-refractivity contribution in [1.29, 1.82) is 0 Å². The number of halogens is 1. The summed E-state index contributed by atoms with van der Waals surface area (Å²) in [5, 5.41) is 9.99. The van der Waals surface area contributed by atoms with Crippen molar-refractivity contribution in [2.75, 3.05) is 45.3 Å². The highest BCUT2D eigenvalue weighted by molar-refractivity contribution is 9.09. The Kier molecular flexibility index (Phi) is 11.1. The predicted octanol–water partition coefficient (Wildman–Crippen LogP) is 1.74. The Morgan fingerprint density at radius 3 is 2.53 bits per heavy atom. The van der Waals surface area contributed by atoms with E-state index < -0.39 is 0 Å². The van der Waals surface area contributed by atoms with Crippen LogP contribution in [-0.2, 0) is 4.74 Å².